The fraction of sp³-hybridized carbons (Fsp3) is 0.889. The number of rotatable bonds is 2. The number of epoxide rings is 1. The molecule has 0 spiro atoms. The Morgan fingerprint density at radius 2 is 1.92 bits per heavy atom. The molecular formula is C9H15NO2. The Hall–Kier alpha value is -0.570. The molecule has 68 valence electrons. The molecule has 1 aliphatic carbocycles. The Kier molecular flexibility index (Phi) is 2.30. The third-order valence-electron chi connectivity index (χ3n) is 2.58. The number of carbonyl (C=O) groups is 1. The van der Waals surface area contributed by atoms with Gasteiger partial charge in [-0.2, -0.15) is 0 Å². The van der Waals surface area contributed by atoms with E-state index < -0.39 is 0 Å². The van der Waals surface area contributed by atoms with Crippen molar-refractivity contribution in [2.24, 2.45) is 0 Å². The summed E-state index contributed by atoms with van der Waals surface area (Å²) in [4.78, 5) is 11.2. The first-order chi connectivity index (χ1) is 5.86. The van der Waals surface area contributed by atoms with E-state index in [9.17, 15) is 4.79 Å². The number of hydrogen-bond donors (Lipinski definition) is 1. The second-order valence-corrected chi connectivity index (χ2v) is 3.67. The summed E-state index contributed by atoms with van der Waals surface area (Å²) in [5.74, 6) is 0.0990. The summed E-state index contributed by atoms with van der Waals surface area (Å²) < 4.78 is 4.90. The minimum Gasteiger partial charge on any atom is -0.363 e. The molecule has 1 heterocycles. The summed E-state index contributed by atoms with van der Waals surface area (Å²) in [7, 11) is 0. The normalized spacial score (nSPS) is 29.8. The number of hydrogen-bond acceptors (Lipinski definition) is 2. The van der Waals surface area contributed by atoms with Gasteiger partial charge in [0.05, 0.1) is 6.61 Å². The lowest BCUT2D eigenvalue weighted by atomic mass is 9.95. The van der Waals surface area contributed by atoms with Crippen LogP contribution in [0.2, 0.25) is 0 Å². The molecule has 0 aromatic rings. The Morgan fingerprint density at radius 3 is 2.50 bits per heavy atom. The lowest BCUT2D eigenvalue weighted by molar-refractivity contribution is -0.123. The lowest BCUT2D eigenvalue weighted by Crippen LogP contribution is -2.38. The minimum atomic E-state index is -0.119. The van der Waals surface area contributed by atoms with Gasteiger partial charge in [0.2, 0.25) is 0 Å². The van der Waals surface area contributed by atoms with Crippen LogP contribution in [-0.4, -0.2) is 24.7 Å². The highest BCUT2D eigenvalue weighted by Gasteiger charge is 2.32. The van der Waals surface area contributed by atoms with Gasteiger partial charge < -0.3 is 10.1 Å². The summed E-state index contributed by atoms with van der Waals surface area (Å²) >= 11 is 0. The third kappa shape index (κ3) is 1.97. The monoisotopic (exact) mass is 169 g/mol. The van der Waals surface area contributed by atoms with Crippen molar-refractivity contribution < 1.29 is 9.53 Å². The van der Waals surface area contributed by atoms with E-state index in [1.165, 1.54) is 19.3 Å². The van der Waals surface area contributed by atoms with Crippen molar-refractivity contribution in [3.8, 4) is 0 Å². The van der Waals surface area contributed by atoms with E-state index in [2.05, 4.69) is 5.32 Å². The van der Waals surface area contributed by atoms with Crippen LogP contribution < -0.4 is 5.32 Å². The maximum Gasteiger partial charge on any atom is 0.251 e. The van der Waals surface area contributed by atoms with Crippen molar-refractivity contribution in [2.75, 3.05) is 6.61 Å². The number of nitrogens with one attached hydrogen (secondary N) is 1. The second kappa shape index (κ2) is 3.44. The van der Waals surface area contributed by atoms with E-state index in [-0.39, 0.29) is 12.0 Å². The molecule has 2 rings (SSSR count). The van der Waals surface area contributed by atoms with Crippen molar-refractivity contribution in [1.29, 1.82) is 0 Å². The van der Waals surface area contributed by atoms with E-state index in [0.717, 1.165) is 12.8 Å². The first-order valence-corrected chi connectivity index (χ1v) is 4.78. The van der Waals surface area contributed by atoms with Crippen LogP contribution in [0.1, 0.15) is 32.1 Å². The predicted molar refractivity (Wildman–Crippen MR) is 44.8 cm³/mol. The van der Waals surface area contributed by atoms with Gasteiger partial charge in [-0.05, 0) is 12.8 Å². The summed E-state index contributed by atoms with van der Waals surface area (Å²) in [6, 6.07) is 0.426. The van der Waals surface area contributed by atoms with Crippen LogP contribution in [0.3, 0.4) is 0 Å². The average molecular weight is 169 g/mol. The maximum absolute atomic E-state index is 11.2. The van der Waals surface area contributed by atoms with Crippen molar-refractivity contribution in [2.45, 2.75) is 44.2 Å². The van der Waals surface area contributed by atoms with Gasteiger partial charge in [-0.15, -0.1) is 0 Å². The van der Waals surface area contributed by atoms with Gasteiger partial charge in [0.25, 0.3) is 5.91 Å². The summed E-state index contributed by atoms with van der Waals surface area (Å²) in [5, 5.41) is 3.02. The Balaban J connectivity index is 1.73. The Labute approximate surface area is 72.5 Å². The zero-order valence-electron chi connectivity index (χ0n) is 7.21. The first-order valence-electron chi connectivity index (χ1n) is 4.78. The van der Waals surface area contributed by atoms with Gasteiger partial charge in [0.1, 0.15) is 0 Å². The molecule has 1 atom stereocenters. The molecular weight excluding hydrogens is 154 g/mol. The quantitative estimate of drug-likeness (QED) is 0.622. The number of ether oxygens (including phenoxy) is 1. The standard InChI is InChI=1S/C9H15NO2/c11-9(8-6-12-8)10-7-4-2-1-3-5-7/h7-8H,1-6H2,(H,10,11). The fourth-order valence-electron chi connectivity index (χ4n) is 1.74. The molecule has 3 heteroatoms. The molecule has 3 nitrogen and oxygen atoms in total. The lowest BCUT2D eigenvalue weighted by Gasteiger charge is -2.22. The largest absolute Gasteiger partial charge is 0.363 e. The summed E-state index contributed by atoms with van der Waals surface area (Å²) in [6.45, 7) is 0.624. The molecule has 1 N–H and O–H groups in total. The van der Waals surface area contributed by atoms with E-state index in [0.29, 0.717) is 12.6 Å². The molecule has 1 saturated carbocycles. The van der Waals surface area contributed by atoms with Crippen LogP contribution >= 0.6 is 0 Å². The van der Waals surface area contributed by atoms with Crippen LogP contribution in [0.25, 0.3) is 0 Å². The molecule has 0 aromatic heterocycles. The van der Waals surface area contributed by atoms with Gasteiger partial charge >= 0.3 is 0 Å². The second-order valence-electron chi connectivity index (χ2n) is 3.67. The molecule has 1 amide bonds. The van der Waals surface area contributed by atoms with Crippen molar-refractivity contribution in [1.82, 2.24) is 5.32 Å². The Morgan fingerprint density at radius 1 is 1.25 bits per heavy atom. The van der Waals surface area contributed by atoms with Gasteiger partial charge in [-0.3, -0.25) is 4.79 Å². The van der Waals surface area contributed by atoms with Crippen LogP contribution in [0.15, 0.2) is 0 Å². The van der Waals surface area contributed by atoms with Gasteiger partial charge in [0, 0.05) is 6.04 Å². The Bertz CT molecular complexity index is 171. The van der Waals surface area contributed by atoms with Gasteiger partial charge in [-0.25, -0.2) is 0 Å². The van der Waals surface area contributed by atoms with Crippen LogP contribution in [0.4, 0.5) is 0 Å². The number of amides is 1. The topological polar surface area (TPSA) is 41.6 Å². The smallest absolute Gasteiger partial charge is 0.251 e. The summed E-state index contributed by atoms with van der Waals surface area (Å²) in [5.41, 5.74) is 0. The predicted octanol–water partition coefficient (Wildman–Crippen LogP) is 0.834. The molecule has 12 heavy (non-hydrogen) atoms. The molecule has 1 aliphatic heterocycles. The van der Waals surface area contributed by atoms with E-state index >= 15 is 0 Å². The highest BCUT2D eigenvalue weighted by molar-refractivity contribution is 5.83. The highest BCUT2D eigenvalue weighted by Crippen LogP contribution is 2.18. The molecule has 0 radical (unpaired) electrons. The van der Waals surface area contributed by atoms with Crippen LogP contribution in [0.5, 0.6) is 0 Å². The molecule has 1 unspecified atom stereocenters. The van der Waals surface area contributed by atoms with Crippen LogP contribution in [-0.2, 0) is 9.53 Å². The molecule has 0 aromatic carbocycles. The highest BCUT2D eigenvalue weighted by atomic mass is 16.6. The number of carbonyl (C=O) groups excluding carboxylic acids is 1. The molecule has 1 saturated heterocycles. The van der Waals surface area contributed by atoms with E-state index in [1.807, 2.05) is 0 Å². The van der Waals surface area contributed by atoms with Gasteiger partial charge in [0.15, 0.2) is 6.10 Å². The third-order valence-corrected chi connectivity index (χ3v) is 2.58. The maximum atomic E-state index is 11.2. The molecule has 0 bridgehead atoms. The summed E-state index contributed by atoms with van der Waals surface area (Å²) in [6.07, 6.45) is 6.03. The fourth-order valence-corrected chi connectivity index (χ4v) is 1.74. The zero-order chi connectivity index (χ0) is 8.39. The van der Waals surface area contributed by atoms with Gasteiger partial charge in [-0.1, -0.05) is 19.3 Å². The SMILES string of the molecule is O=C(NC1CCCCC1)C1CO1. The van der Waals surface area contributed by atoms with E-state index in [4.69, 9.17) is 4.74 Å². The molecule has 2 aliphatic rings. The average Bonchev–Trinajstić information content (AvgIpc) is 2.88. The zero-order valence-corrected chi connectivity index (χ0v) is 7.21. The first kappa shape index (κ1) is 8.05. The van der Waals surface area contributed by atoms with Crippen molar-refractivity contribution >= 4 is 5.91 Å². The van der Waals surface area contributed by atoms with Crippen molar-refractivity contribution in [3.05, 3.63) is 0 Å². The van der Waals surface area contributed by atoms with Crippen molar-refractivity contribution in [3.63, 3.8) is 0 Å². The molecule has 2 fully saturated rings. The minimum absolute atomic E-state index is 0.0990. The van der Waals surface area contributed by atoms with Crippen LogP contribution in [0, 0.1) is 0 Å². The van der Waals surface area contributed by atoms with E-state index in [1.54, 1.807) is 0 Å².